The van der Waals surface area contributed by atoms with Gasteiger partial charge in [0.25, 0.3) is 0 Å². The van der Waals surface area contributed by atoms with Crippen LogP contribution in [-0.2, 0) is 6.42 Å². The number of hydrogen-bond donors (Lipinski definition) is 1. The first-order valence-corrected chi connectivity index (χ1v) is 11.2. The minimum atomic E-state index is -0.494. The third kappa shape index (κ3) is 3.93. The summed E-state index contributed by atoms with van der Waals surface area (Å²) < 4.78 is 2.17. The standard InChI is InChI=1S/C25H28N2OS/c1-3-15-26(16-4-2)17-14-21-20-12-8-9-13-22(20)27-23(28)18-29-25(24(21)27)19-10-6-5-7-11-19/h3-13,23,25,28H,1-2,14-18H2. The van der Waals surface area contributed by atoms with E-state index >= 15 is 0 Å². The molecule has 1 N–H and O–H groups in total. The van der Waals surface area contributed by atoms with Gasteiger partial charge in [-0.3, -0.25) is 4.90 Å². The molecule has 1 aliphatic rings. The molecule has 4 rings (SSSR count). The van der Waals surface area contributed by atoms with Crippen molar-refractivity contribution in [1.82, 2.24) is 9.47 Å². The van der Waals surface area contributed by atoms with Crippen LogP contribution in [0.1, 0.15) is 28.3 Å². The number of aliphatic hydroxyl groups excluding tert-OH is 1. The quantitative estimate of drug-likeness (QED) is 0.524. The average Bonchev–Trinajstić information content (AvgIpc) is 3.08. The highest BCUT2D eigenvalue weighted by molar-refractivity contribution is 7.99. The lowest BCUT2D eigenvalue weighted by atomic mass is 10.0. The van der Waals surface area contributed by atoms with E-state index in [1.54, 1.807) is 0 Å². The Balaban J connectivity index is 1.81. The van der Waals surface area contributed by atoms with Crippen molar-refractivity contribution in [3.05, 3.63) is 96.7 Å². The Morgan fingerprint density at radius 3 is 2.45 bits per heavy atom. The number of rotatable bonds is 8. The van der Waals surface area contributed by atoms with Crippen LogP contribution in [0.2, 0.25) is 0 Å². The van der Waals surface area contributed by atoms with Crippen LogP contribution in [0, 0.1) is 0 Å². The molecule has 2 heterocycles. The van der Waals surface area contributed by atoms with Crippen LogP contribution in [0.15, 0.2) is 79.9 Å². The summed E-state index contributed by atoms with van der Waals surface area (Å²) in [4.78, 5) is 2.35. The predicted octanol–water partition coefficient (Wildman–Crippen LogP) is 5.18. The molecule has 0 bridgehead atoms. The van der Waals surface area contributed by atoms with Gasteiger partial charge in [-0.15, -0.1) is 24.9 Å². The van der Waals surface area contributed by atoms with Crippen molar-refractivity contribution in [3.8, 4) is 0 Å². The van der Waals surface area contributed by atoms with E-state index in [2.05, 4.69) is 77.2 Å². The smallest absolute Gasteiger partial charge is 0.140 e. The monoisotopic (exact) mass is 404 g/mol. The molecule has 29 heavy (non-hydrogen) atoms. The number of para-hydroxylation sites is 1. The van der Waals surface area contributed by atoms with Gasteiger partial charge in [-0.2, -0.15) is 0 Å². The van der Waals surface area contributed by atoms with Gasteiger partial charge in [0, 0.05) is 36.5 Å². The SMILES string of the molecule is C=CCN(CC=C)CCc1c2n(c3ccccc13)C(O)CSC2c1ccccc1. The van der Waals surface area contributed by atoms with Crippen molar-refractivity contribution in [2.24, 2.45) is 0 Å². The van der Waals surface area contributed by atoms with Crippen molar-refractivity contribution >= 4 is 22.7 Å². The van der Waals surface area contributed by atoms with E-state index < -0.39 is 6.23 Å². The summed E-state index contributed by atoms with van der Waals surface area (Å²) in [6.07, 6.45) is 4.33. The molecule has 0 aliphatic carbocycles. The maximum atomic E-state index is 10.9. The molecular formula is C25H28N2OS. The Labute approximate surface area is 177 Å². The second kappa shape index (κ2) is 9.04. The second-order valence-electron chi connectivity index (χ2n) is 7.44. The molecule has 2 atom stereocenters. The highest BCUT2D eigenvalue weighted by atomic mass is 32.2. The number of aliphatic hydroxyl groups is 1. The van der Waals surface area contributed by atoms with Gasteiger partial charge < -0.3 is 9.67 Å². The number of aromatic nitrogens is 1. The molecule has 0 spiro atoms. The molecule has 3 nitrogen and oxygen atoms in total. The molecule has 0 saturated heterocycles. The Morgan fingerprint density at radius 1 is 1.03 bits per heavy atom. The number of nitrogens with zero attached hydrogens (tertiary/aromatic N) is 2. The summed E-state index contributed by atoms with van der Waals surface area (Å²) in [6, 6.07) is 19.1. The van der Waals surface area contributed by atoms with Crippen LogP contribution >= 0.6 is 11.8 Å². The molecule has 0 saturated carbocycles. The van der Waals surface area contributed by atoms with Gasteiger partial charge in [-0.05, 0) is 23.6 Å². The first-order valence-electron chi connectivity index (χ1n) is 10.1. The van der Waals surface area contributed by atoms with Gasteiger partial charge in [-0.1, -0.05) is 60.7 Å². The molecule has 1 aromatic heterocycles. The topological polar surface area (TPSA) is 28.4 Å². The zero-order valence-electron chi connectivity index (χ0n) is 16.7. The number of thioether (sulfide) groups is 1. The summed E-state index contributed by atoms with van der Waals surface area (Å²) in [5.41, 5.74) is 5.02. The largest absolute Gasteiger partial charge is 0.372 e. The molecule has 4 heteroatoms. The Morgan fingerprint density at radius 2 is 1.72 bits per heavy atom. The fourth-order valence-electron chi connectivity index (χ4n) is 4.33. The number of benzene rings is 2. The van der Waals surface area contributed by atoms with Crippen LogP contribution < -0.4 is 0 Å². The Bertz CT molecular complexity index is 985. The summed E-state index contributed by atoms with van der Waals surface area (Å²) >= 11 is 1.83. The lowest BCUT2D eigenvalue weighted by Crippen LogP contribution is -2.27. The van der Waals surface area contributed by atoms with Gasteiger partial charge in [0.1, 0.15) is 6.23 Å². The molecule has 0 fully saturated rings. The minimum absolute atomic E-state index is 0.231. The molecular weight excluding hydrogens is 376 g/mol. The predicted molar refractivity (Wildman–Crippen MR) is 124 cm³/mol. The van der Waals surface area contributed by atoms with Crippen molar-refractivity contribution in [2.45, 2.75) is 17.9 Å². The fourth-order valence-corrected chi connectivity index (χ4v) is 5.61. The van der Waals surface area contributed by atoms with Crippen LogP contribution in [0.5, 0.6) is 0 Å². The summed E-state index contributed by atoms with van der Waals surface area (Å²) in [5.74, 6) is 0.698. The highest BCUT2D eigenvalue weighted by Gasteiger charge is 2.32. The summed E-state index contributed by atoms with van der Waals surface area (Å²) in [5, 5.41) is 12.4. The Kier molecular flexibility index (Phi) is 6.24. The van der Waals surface area contributed by atoms with E-state index in [4.69, 9.17) is 0 Å². The normalized spacial score (nSPS) is 18.7. The Hall–Kier alpha value is -2.27. The first-order chi connectivity index (χ1) is 14.2. The van der Waals surface area contributed by atoms with Crippen LogP contribution in [0.4, 0.5) is 0 Å². The van der Waals surface area contributed by atoms with Gasteiger partial charge in [0.2, 0.25) is 0 Å². The molecule has 2 unspecified atom stereocenters. The van der Waals surface area contributed by atoms with E-state index in [1.165, 1.54) is 22.2 Å². The maximum Gasteiger partial charge on any atom is 0.140 e. The molecule has 0 amide bonds. The van der Waals surface area contributed by atoms with Gasteiger partial charge in [0.15, 0.2) is 0 Å². The minimum Gasteiger partial charge on any atom is -0.372 e. The van der Waals surface area contributed by atoms with E-state index in [1.807, 2.05) is 23.9 Å². The number of hydrogen-bond acceptors (Lipinski definition) is 3. The van der Waals surface area contributed by atoms with E-state index in [0.717, 1.165) is 31.6 Å². The number of fused-ring (bicyclic) bond motifs is 3. The van der Waals surface area contributed by atoms with Crippen LogP contribution in [-0.4, -0.2) is 40.0 Å². The van der Waals surface area contributed by atoms with Gasteiger partial charge in [0.05, 0.1) is 10.8 Å². The summed E-state index contributed by atoms with van der Waals surface area (Å²) in [7, 11) is 0. The third-order valence-corrected chi connectivity index (χ3v) is 6.89. The van der Waals surface area contributed by atoms with E-state index in [0.29, 0.717) is 5.75 Å². The molecule has 0 radical (unpaired) electrons. The lowest BCUT2D eigenvalue weighted by Gasteiger charge is -2.31. The third-order valence-electron chi connectivity index (χ3n) is 5.57. The van der Waals surface area contributed by atoms with Gasteiger partial charge >= 0.3 is 0 Å². The first kappa shape index (κ1) is 20.0. The molecule has 150 valence electrons. The van der Waals surface area contributed by atoms with Gasteiger partial charge in [-0.25, -0.2) is 0 Å². The molecule has 1 aliphatic heterocycles. The fraction of sp³-hybridized carbons (Fsp3) is 0.280. The van der Waals surface area contributed by atoms with E-state index in [9.17, 15) is 5.11 Å². The average molecular weight is 405 g/mol. The van der Waals surface area contributed by atoms with Crippen LogP contribution in [0.25, 0.3) is 10.9 Å². The molecule has 2 aromatic carbocycles. The molecule has 3 aromatic rings. The van der Waals surface area contributed by atoms with Crippen LogP contribution in [0.3, 0.4) is 0 Å². The van der Waals surface area contributed by atoms with Crippen molar-refractivity contribution in [2.75, 3.05) is 25.4 Å². The van der Waals surface area contributed by atoms with E-state index in [-0.39, 0.29) is 5.25 Å². The van der Waals surface area contributed by atoms with Crippen molar-refractivity contribution < 1.29 is 5.11 Å². The zero-order valence-corrected chi connectivity index (χ0v) is 17.5. The van der Waals surface area contributed by atoms with Crippen molar-refractivity contribution in [3.63, 3.8) is 0 Å². The zero-order chi connectivity index (χ0) is 20.2. The highest BCUT2D eigenvalue weighted by Crippen LogP contribution is 2.47. The van der Waals surface area contributed by atoms with Crippen molar-refractivity contribution in [1.29, 1.82) is 0 Å². The second-order valence-corrected chi connectivity index (χ2v) is 8.58. The maximum absolute atomic E-state index is 10.9. The summed E-state index contributed by atoms with van der Waals surface area (Å²) in [6.45, 7) is 10.4. The lowest BCUT2D eigenvalue weighted by molar-refractivity contribution is 0.128.